The van der Waals surface area contributed by atoms with Crippen LogP contribution in [0.4, 0.5) is 0 Å². The molecule has 0 N–H and O–H groups in total. The molecular formula is C13H12N6OS. The van der Waals surface area contributed by atoms with Crippen molar-refractivity contribution < 1.29 is 0 Å². The molecule has 3 heterocycles. The standard InChI is InChI=1S/C13H12N6OS/c1-3-7-18-11(20)9-8-16-13(21-2)17-10(9)19(18)12-14-5-4-6-15-12/h3-6,8H,1,7H2,2H3. The van der Waals surface area contributed by atoms with Crippen LogP contribution in [0.15, 0.2) is 47.3 Å². The predicted octanol–water partition coefficient (Wildman–Crippen LogP) is 1.28. The molecule has 0 spiro atoms. The van der Waals surface area contributed by atoms with Gasteiger partial charge in [-0.05, 0) is 12.3 Å². The van der Waals surface area contributed by atoms with Gasteiger partial charge in [0.05, 0.1) is 6.54 Å². The topological polar surface area (TPSA) is 78.5 Å². The number of hydrogen-bond acceptors (Lipinski definition) is 6. The average Bonchev–Trinajstić information content (AvgIpc) is 2.81. The van der Waals surface area contributed by atoms with Gasteiger partial charge < -0.3 is 0 Å². The molecule has 0 aromatic carbocycles. The van der Waals surface area contributed by atoms with Crippen molar-refractivity contribution in [1.82, 2.24) is 29.3 Å². The minimum absolute atomic E-state index is 0.190. The van der Waals surface area contributed by atoms with Crippen LogP contribution >= 0.6 is 11.8 Å². The summed E-state index contributed by atoms with van der Waals surface area (Å²) in [6.07, 6.45) is 8.29. The molecule has 0 radical (unpaired) electrons. The molecule has 7 nitrogen and oxygen atoms in total. The Balaban J connectivity index is 2.40. The summed E-state index contributed by atoms with van der Waals surface area (Å²) in [6.45, 7) is 4.02. The number of thioether (sulfide) groups is 1. The normalized spacial score (nSPS) is 10.9. The zero-order chi connectivity index (χ0) is 14.8. The van der Waals surface area contributed by atoms with Gasteiger partial charge in [0.25, 0.3) is 11.5 Å². The summed E-state index contributed by atoms with van der Waals surface area (Å²) in [5.41, 5.74) is 0.303. The number of hydrogen-bond donors (Lipinski definition) is 0. The van der Waals surface area contributed by atoms with Crippen molar-refractivity contribution in [3.63, 3.8) is 0 Å². The van der Waals surface area contributed by atoms with Crippen LogP contribution in [0.2, 0.25) is 0 Å². The van der Waals surface area contributed by atoms with Crippen molar-refractivity contribution in [2.75, 3.05) is 6.26 Å². The molecule has 0 aliphatic heterocycles. The molecule has 0 unspecified atom stereocenters. The second-order valence-corrected chi connectivity index (χ2v) is 4.90. The van der Waals surface area contributed by atoms with E-state index in [1.54, 1.807) is 29.2 Å². The van der Waals surface area contributed by atoms with Crippen LogP contribution in [0.1, 0.15) is 0 Å². The minimum atomic E-state index is -0.190. The maximum absolute atomic E-state index is 12.5. The maximum atomic E-state index is 12.5. The van der Waals surface area contributed by atoms with E-state index in [1.807, 2.05) is 6.26 Å². The van der Waals surface area contributed by atoms with Crippen molar-refractivity contribution in [3.05, 3.63) is 47.7 Å². The van der Waals surface area contributed by atoms with Gasteiger partial charge in [-0.15, -0.1) is 6.58 Å². The zero-order valence-corrected chi connectivity index (χ0v) is 12.1. The highest BCUT2D eigenvalue weighted by molar-refractivity contribution is 7.98. The first-order chi connectivity index (χ1) is 10.3. The zero-order valence-electron chi connectivity index (χ0n) is 11.3. The fraction of sp³-hybridized carbons (Fsp3) is 0.154. The molecule has 8 heteroatoms. The summed E-state index contributed by atoms with van der Waals surface area (Å²) in [5.74, 6) is 0.386. The van der Waals surface area contributed by atoms with Gasteiger partial charge in [0.15, 0.2) is 10.8 Å². The van der Waals surface area contributed by atoms with Crippen LogP contribution in [-0.2, 0) is 6.54 Å². The van der Waals surface area contributed by atoms with Crippen LogP contribution in [0, 0.1) is 0 Å². The van der Waals surface area contributed by atoms with Crippen LogP contribution < -0.4 is 5.56 Å². The van der Waals surface area contributed by atoms with Crippen LogP contribution in [-0.4, -0.2) is 35.6 Å². The molecule has 0 saturated carbocycles. The van der Waals surface area contributed by atoms with E-state index >= 15 is 0 Å². The molecule has 21 heavy (non-hydrogen) atoms. The summed E-state index contributed by atoms with van der Waals surface area (Å²) in [4.78, 5) is 29.4. The Bertz CT molecular complexity index is 854. The van der Waals surface area contributed by atoms with Gasteiger partial charge in [0.2, 0.25) is 0 Å². The molecule has 0 saturated heterocycles. The molecule has 0 amide bonds. The minimum Gasteiger partial charge on any atom is -0.267 e. The molecule has 0 fully saturated rings. The molecular weight excluding hydrogens is 288 g/mol. The van der Waals surface area contributed by atoms with Gasteiger partial charge >= 0.3 is 0 Å². The van der Waals surface area contributed by atoms with Gasteiger partial charge in [-0.1, -0.05) is 17.8 Å². The maximum Gasteiger partial charge on any atom is 0.278 e. The Morgan fingerprint density at radius 3 is 2.76 bits per heavy atom. The highest BCUT2D eigenvalue weighted by Crippen LogP contribution is 2.15. The van der Waals surface area contributed by atoms with Gasteiger partial charge in [0.1, 0.15) is 5.39 Å². The fourth-order valence-electron chi connectivity index (χ4n) is 2.00. The molecule has 3 aromatic rings. The van der Waals surface area contributed by atoms with Crippen LogP contribution in [0.5, 0.6) is 0 Å². The second-order valence-electron chi connectivity index (χ2n) is 4.13. The summed E-state index contributed by atoms with van der Waals surface area (Å²) in [7, 11) is 0. The summed E-state index contributed by atoms with van der Waals surface area (Å²) in [6, 6.07) is 1.72. The van der Waals surface area contributed by atoms with E-state index in [1.165, 1.54) is 22.6 Å². The van der Waals surface area contributed by atoms with E-state index in [2.05, 4.69) is 26.5 Å². The Kier molecular flexibility index (Phi) is 3.53. The van der Waals surface area contributed by atoms with Gasteiger partial charge in [-0.3, -0.25) is 4.79 Å². The molecule has 106 valence electrons. The van der Waals surface area contributed by atoms with Gasteiger partial charge in [-0.25, -0.2) is 24.6 Å². The van der Waals surface area contributed by atoms with Crippen molar-refractivity contribution in [2.45, 2.75) is 11.7 Å². The Hall–Kier alpha value is -2.48. The van der Waals surface area contributed by atoms with E-state index < -0.39 is 0 Å². The lowest BCUT2D eigenvalue weighted by molar-refractivity contribution is 0.585. The lowest BCUT2D eigenvalue weighted by Crippen LogP contribution is -2.22. The van der Waals surface area contributed by atoms with Crippen molar-refractivity contribution >= 4 is 22.8 Å². The number of aromatic nitrogens is 6. The number of fused-ring (bicyclic) bond motifs is 1. The molecule has 3 rings (SSSR count). The second kappa shape index (κ2) is 5.49. The first-order valence-electron chi connectivity index (χ1n) is 6.17. The number of allylic oxidation sites excluding steroid dienone is 1. The summed E-state index contributed by atoms with van der Waals surface area (Å²) in [5, 5.41) is 1.02. The molecule has 0 bridgehead atoms. The Morgan fingerprint density at radius 1 is 1.33 bits per heavy atom. The number of rotatable bonds is 4. The lowest BCUT2D eigenvalue weighted by atomic mass is 10.4. The molecule has 0 atom stereocenters. The lowest BCUT2D eigenvalue weighted by Gasteiger charge is -2.08. The highest BCUT2D eigenvalue weighted by Gasteiger charge is 2.17. The van der Waals surface area contributed by atoms with E-state index in [0.29, 0.717) is 28.7 Å². The smallest absolute Gasteiger partial charge is 0.267 e. The third-order valence-electron chi connectivity index (χ3n) is 2.88. The van der Waals surface area contributed by atoms with E-state index in [4.69, 9.17) is 0 Å². The predicted molar refractivity (Wildman–Crippen MR) is 80.7 cm³/mol. The average molecular weight is 300 g/mol. The fourth-order valence-corrected chi connectivity index (χ4v) is 2.34. The molecule has 0 aliphatic carbocycles. The van der Waals surface area contributed by atoms with Crippen LogP contribution in [0.25, 0.3) is 17.0 Å². The quantitative estimate of drug-likeness (QED) is 0.410. The van der Waals surface area contributed by atoms with Gasteiger partial charge in [-0.2, -0.15) is 4.68 Å². The Morgan fingerprint density at radius 2 is 2.10 bits per heavy atom. The SMILES string of the molecule is C=CCn1c(=O)c2cnc(SC)nc2n1-c1ncccn1. The first-order valence-corrected chi connectivity index (χ1v) is 7.39. The molecule has 3 aromatic heterocycles. The molecule has 0 aliphatic rings. The third kappa shape index (κ3) is 2.23. The number of nitrogens with zero attached hydrogens (tertiary/aromatic N) is 6. The first kappa shape index (κ1) is 13.5. The van der Waals surface area contributed by atoms with Crippen molar-refractivity contribution in [3.8, 4) is 5.95 Å². The monoisotopic (exact) mass is 300 g/mol. The summed E-state index contributed by atoms with van der Waals surface area (Å²) < 4.78 is 3.09. The Labute approximate surface area is 124 Å². The van der Waals surface area contributed by atoms with Crippen molar-refractivity contribution in [2.24, 2.45) is 0 Å². The van der Waals surface area contributed by atoms with E-state index in [0.717, 1.165) is 0 Å². The van der Waals surface area contributed by atoms with Crippen LogP contribution in [0.3, 0.4) is 0 Å². The highest BCUT2D eigenvalue weighted by atomic mass is 32.2. The van der Waals surface area contributed by atoms with E-state index in [-0.39, 0.29) is 5.56 Å². The van der Waals surface area contributed by atoms with Crippen molar-refractivity contribution in [1.29, 1.82) is 0 Å². The summed E-state index contributed by atoms with van der Waals surface area (Å²) >= 11 is 1.41. The van der Waals surface area contributed by atoms with Gasteiger partial charge in [0, 0.05) is 18.6 Å². The van der Waals surface area contributed by atoms with E-state index in [9.17, 15) is 4.79 Å². The third-order valence-corrected chi connectivity index (χ3v) is 3.44. The largest absolute Gasteiger partial charge is 0.278 e.